The molecule has 0 fully saturated rings. The number of para-hydroxylation sites is 1. The first-order valence-electron chi connectivity index (χ1n) is 11.1. The second kappa shape index (κ2) is 9.10. The number of aldehydes is 1. The zero-order valence-electron chi connectivity index (χ0n) is 19.1. The lowest BCUT2D eigenvalue weighted by Gasteiger charge is -2.35. The number of hydrogen-bond acceptors (Lipinski definition) is 5. The Morgan fingerprint density at radius 3 is 2.42 bits per heavy atom. The van der Waals surface area contributed by atoms with E-state index in [2.05, 4.69) is 0 Å². The van der Waals surface area contributed by atoms with Crippen molar-refractivity contribution in [2.75, 3.05) is 6.54 Å². The molecule has 1 aromatic heterocycles. The third-order valence-corrected chi connectivity index (χ3v) is 5.65. The van der Waals surface area contributed by atoms with Crippen LogP contribution in [-0.2, 0) is 27.3 Å². The molecule has 0 spiro atoms. The Balaban J connectivity index is 1.73. The molecule has 1 aliphatic rings. The molecule has 0 unspecified atom stereocenters. The maximum Gasteiger partial charge on any atom is 0.419 e. The van der Waals surface area contributed by atoms with E-state index in [1.165, 1.54) is 4.57 Å². The molecule has 1 aliphatic heterocycles. The van der Waals surface area contributed by atoms with Crippen LogP contribution in [0.15, 0.2) is 54.6 Å². The summed E-state index contributed by atoms with van der Waals surface area (Å²) in [4.78, 5) is 39.5. The molecule has 0 aliphatic carbocycles. The van der Waals surface area contributed by atoms with Crippen LogP contribution < -0.4 is 0 Å². The number of amides is 1. The number of aromatic nitrogens is 1. The van der Waals surface area contributed by atoms with Crippen molar-refractivity contribution in [1.29, 1.82) is 0 Å². The van der Waals surface area contributed by atoms with Crippen LogP contribution in [0.25, 0.3) is 10.9 Å². The van der Waals surface area contributed by atoms with E-state index in [1.54, 1.807) is 25.7 Å². The van der Waals surface area contributed by atoms with Gasteiger partial charge in [0.25, 0.3) is 0 Å². The predicted molar refractivity (Wildman–Crippen MR) is 124 cm³/mol. The zero-order chi connectivity index (χ0) is 23.6. The number of hydrogen-bond donors (Lipinski definition) is 0. The summed E-state index contributed by atoms with van der Waals surface area (Å²) in [5.41, 5.74) is 2.44. The van der Waals surface area contributed by atoms with Crippen molar-refractivity contribution in [2.24, 2.45) is 0 Å². The lowest BCUT2D eigenvalue weighted by atomic mass is 9.96. The maximum absolute atomic E-state index is 13.3. The number of rotatable bonds is 4. The molecule has 33 heavy (non-hydrogen) atoms. The monoisotopic (exact) mass is 448 g/mol. The quantitative estimate of drug-likeness (QED) is 0.510. The molecule has 4 rings (SSSR count). The Morgan fingerprint density at radius 2 is 1.73 bits per heavy atom. The highest BCUT2D eigenvalue weighted by molar-refractivity contribution is 5.94. The number of benzene rings is 2. The van der Waals surface area contributed by atoms with Crippen molar-refractivity contribution in [3.63, 3.8) is 0 Å². The van der Waals surface area contributed by atoms with Crippen LogP contribution in [0.1, 0.15) is 50.1 Å². The minimum absolute atomic E-state index is 0.0482. The van der Waals surface area contributed by atoms with Gasteiger partial charge in [0, 0.05) is 18.4 Å². The minimum Gasteiger partial charge on any atom is -0.445 e. The van der Waals surface area contributed by atoms with Gasteiger partial charge in [-0.3, -0.25) is 4.90 Å². The largest absolute Gasteiger partial charge is 0.445 e. The zero-order valence-corrected chi connectivity index (χ0v) is 19.1. The Bertz CT molecular complexity index is 1180. The van der Waals surface area contributed by atoms with Crippen molar-refractivity contribution in [1.82, 2.24) is 9.47 Å². The van der Waals surface area contributed by atoms with Gasteiger partial charge >= 0.3 is 12.2 Å². The summed E-state index contributed by atoms with van der Waals surface area (Å²) in [5.74, 6) is 0. The van der Waals surface area contributed by atoms with Gasteiger partial charge in [0.1, 0.15) is 18.5 Å². The highest BCUT2D eigenvalue weighted by Crippen LogP contribution is 2.39. The molecule has 0 saturated heterocycles. The highest BCUT2D eigenvalue weighted by Gasteiger charge is 2.38. The minimum atomic E-state index is -0.696. The Kier molecular flexibility index (Phi) is 6.22. The van der Waals surface area contributed by atoms with E-state index in [4.69, 9.17) is 9.47 Å². The number of carbonyl (C=O) groups is 3. The summed E-state index contributed by atoms with van der Waals surface area (Å²) in [6, 6.07) is 16.4. The van der Waals surface area contributed by atoms with Gasteiger partial charge < -0.3 is 14.3 Å². The third kappa shape index (κ3) is 4.62. The van der Waals surface area contributed by atoms with Crippen LogP contribution in [0, 0.1) is 0 Å². The van der Waals surface area contributed by atoms with Crippen molar-refractivity contribution in [2.45, 2.75) is 51.9 Å². The average molecular weight is 449 g/mol. The molecule has 1 amide bonds. The fourth-order valence-corrected chi connectivity index (χ4v) is 4.33. The summed E-state index contributed by atoms with van der Waals surface area (Å²) < 4.78 is 12.8. The molecule has 3 aromatic rings. The van der Waals surface area contributed by atoms with E-state index < -0.39 is 23.8 Å². The van der Waals surface area contributed by atoms with Gasteiger partial charge in [-0.05, 0) is 44.4 Å². The van der Waals surface area contributed by atoms with Crippen LogP contribution in [0.2, 0.25) is 0 Å². The molecule has 7 nitrogen and oxygen atoms in total. The average Bonchev–Trinajstić information content (AvgIpc) is 3.12. The molecule has 7 heteroatoms. The van der Waals surface area contributed by atoms with Gasteiger partial charge in [-0.2, -0.15) is 0 Å². The van der Waals surface area contributed by atoms with E-state index in [9.17, 15) is 14.4 Å². The second-order valence-electron chi connectivity index (χ2n) is 9.10. The molecule has 2 aromatic carbocycles. The summed E-state index contributed by atoms with van der Waals surface area (Å²) >= 11 is 0. The molecule has 172 valence electrons. The fraction of sp³-hybridized carbons (Fsp3) is 0.346. The first-order chi connectivity index (χ1) is 15.8. The Hall–Kier alpha value is -3.61. The SMILES string of the molecule is CC(C)(C)OC(=O)n1c2c(c3ccccc31)CCN(C(=O)OCc1ccccc1)[C@@H]2CC=O. The molecular formula is C26H28N2O5. The maximum atomic E-state index is 13.3. The van der Waals surface area contributed by atoms with Gasteiger partial charge in [0.05, 0.1) is 17.3 Å². The van der Waals surface area contributed by atoms with E-state index in [0.717, 1.165) is 22.8 Å². The first-order valence-corrected chi connectivity index (χ1v) is 11.1. The highest BCUT2D eigenvalue weighted by atomic mass is 16.6. The first kappa shape index (κ1) is 22.6. The van der Waals surface area contributed by atoms with E-state index >= 15 is 0 Å². The number of nitrogens with zero attached hydrogens (tertiary/aromatic N) is 2. The van der Waals surface area contributed by atoms with Gasteiger partial charge in [-0.25, -0.2) is 14.2 Å². The second-order valence-corrected chi connectivity index (χ2v) is 9.10. The standard InChI is InChI=1S/C26H28N2O5/c1-26(2,3)33-25(31)28-21-12-8-7-11-19(21)20-13-15-27(22(14-16-29)23(20)28)24(30)32-17-18-9-5-4-6-10-18/h4-12,16,22H,13-15,17H2,1-3H3/t22-/m1/s1. The Morgan fingerprint density at radius 1 is 1.03 bits per heavy atom. The van der Waals surface area contributed by atoms with Crippen molar-refractivity contribution in [3.05, 3.63) is 71.4 Å². The van der Waals surface area contributed by atoms with E-state index in [0.29, 0.717) is 24.2 Å². The van der Waals surface area contributed by atoms with E-state index in [-0.39, 0.29) is 13.0 Å². The van der Waals surface area contributed by atoms with Crippen molar-refractivity contribution < 1.29 is 23.9 Å². The normalized spacial score (nSPS) is 15.7. The van der Waals surface area contributed by atoms with Crippen molar-refractivity contribution in [3.8, 4) is 0 Å². The van der Waals surface area contributed by atoms with Crippen LogP contribution in [0.4, 0.5) is 9.59 Å². The Labute approximate surface area is 192 Å². The summed E-state index contributed by atoms with van der Waals surface area (Å²) in [6.45, 7) is 5.94. The molecule has 1 atom stereocenters. The van der Waals surface area contributed by atoms with Crippen LogP contribution in [-0.4, -0.2) is 40.1 Å². The number of ether oxygens (including phenoxy) is 2. The summed E-state index contributed by atoms with van der Waals surface area (Å²) in [7, 11) is 0. The predicted octanol–water partition coefficient (Wildman–Crippen LogP) is 5.25. The van der Waals surface area contributed by atoms with Crippen LogP contribution in [0.3, 0.4) is 0 Å². The molecule has 2 heterocycles. The lowest BCUT2D eigenvalue weighted by molar-refractivity contribution is -0.109. The lowest BCUT2D eigenvalue weighted by Crippen LogP contribution is -2.42. The molecule has 0 radical (unpaired) electrons. The summed E-state index contributed by atoms with van der Waals surface area (Å²) in [6.07, 6.45) is 0.315. The molecule has 0 bridgehead atoms. The number of fused-ring (bicyclic) bond motifs is 3. The third-order valence-electron chi connectivity index (χ3n) is 5.65. The summed E-state index contributed by atoms with van der Waals surface area (Å²) in [5, 5.41) is 0.923. The topological polar surface area (TPSA) is 77.8 Å². The van der Waals surface area contributed by atoms with Crippen molar-refractivity contribution >= 4 is 29.4 Å². The van der Waals surface area contributed by atoms with Crippen LogP contribution in [0.5, 0.6) is 0 Å². The van der Waals surface area contributed by atoms with Crippen LogP contribution >= 0.6 is 0 Å². The van der Waals surface area contributed by atoms with Gasteiger partial charge in [-0.1, -0.05) is 48.5 Å². The van der Waals surface area contributed by atoms with Gasteiger partial charge in [0.2, 0.25) is 0 Å². The van der Waals surface area contributed by atoms with Gasteiger partial charge in [0.15, 0.2) is 0 Å². The molecular weight excluding hydrogens is 420 g/mol. The van der Waals surface area contributed by atoms with Gasteiger partial charge in [-0.15, -0.1) is 0 Å². The number of carbonyl (C=O) groups excluding carboxylic acids is 3. The smallest absolute Gasteiger partial charge is 0.419 e. The molecule has 0 N–H and O–H groups in total. The fourth-order valence-electron chi connectivity index (χ4n) is 4.33. The molecule has 0 saturated carbocycles. The van der Waals surface area contributed by atoms with E-state index in [1.807, 2.05) is 54.6 Å².